The first-order valence-electron chi connectivity index (χ1n) is 8.04. The van der Waals surface area contributed by atoms with E-state index >= 15 is 0 Å². The van der Waals surface area contributed by atoms with Crippen molar-refractivity contribution in [1.29, 1.82) is 0 Å². The highest BCUT2D eigenvalue weighted by atomic mass is 16.5. The molecule has 0 spiro atoms. The predicted octanol–water partition coefficient (Wildman–Crippen LogP) is 0.462. The van der Waals surface area contributed by atoms with Gasteiger partial charge < -0.3 is 20.1 Å². The van der Waals surface area contributed by atoms with Crippen LogP contribution in [0.1, 0.15) is 39.5 Å². The predicted molar refractivity (Wildman–Crippen MR) is 86.9 cm³/mol. The highest BCUT2D eigenvalue weighted by Gasteiger charge is 2.07. The summed E-state index contributed by atoms with van der Waals surface area (Å²) in [4.78, 5) is 45.2. The highest BCUT2D eigenvalue weighted by molar-refractivity contribution is 5.93. The van der Waals surface area contributed by atoms with Gasteiger partial charge in [0.15, 0.2) is 13.2 Å². The van der Waals surface area contributed by atoms with E-state index in [2.05, 4.69) is 20.1 Å². The van der Waals surface area contributed by atoms with Crippen LogP contribution in [0.3, 0.4) is 0 Å². The summed E-state index contributed by atoms with van der Waals surface area (Å²) in [5.74, 6) is -2.50. The summed E-state index contributed by atoms with van der Waals surface area (Å²) >= 11 is 0. The maximum absolute atomic E-state index is 11.3. The minimum Gasteiger partial charge on any atom is -0.452 e. The van der Waals surface area contributed by atoms with Gasteiger partial charge >= 0.3 is 11.9 Å². The van der Waals surface area contributed by atoms with Crippen LogP contribution in [-0.2, 0) is 28.7 Å². The standard InChI is InChI=1S/C16H26N2O6/c1-3-5-9-17-13(19)11-23-15(21)7-8-16(22)24-12-14(20)18-10-6-4-2/h7-8H,3-6,9-12H2,1-2H3,(H,17,19)(H,18,20)/b8-7+. The Morgan fingerprint density at radius 3 is 1.46 bits per heavy atom. The van der Waals surface area contributed by atoms with Crippen molar-refractivity contribution in [1.82, 2.24) is 10.6 Å². The fourth-order valence-corrected chi connectivity index (χ4v) is 1.42. The highest BCUT2D eigenvalue weighted by Crippen LogP contribution is 1.88. The summed E-state index contributed by atoms with van der Waals surface area (Å²) in [5, 5.41) is 5.16. The lowest BCUT2D eigenvalue weighted by Crippen LogP contribution is -2.29. The first kappa shape index (κ1) is 21.6. The van der Waals surface area contributed by atoms with Gasteiger partial charge in [0, 0.05) is 25.2 Å². The Morgan fingerprint density at radius 2 is 1.12 bits per heavy atom. The molecule has 0 aliphatic rings. The summed E-state index contributed by atoms with van der Waals surface area (Å²) in [5.41, 5.74) is 0. The number of carbonyl (C=O) groups excluding carboxylic acids is 4. The third-order valence-electron chi connectivity index (χ3n) is 2.75. The van der Waals surface area contributed by atoms with E-state index in [9.17, 15) is 19.2 Å². The molecule has 0 fully saturated rings. The molecule has 8 nitrogen and oxygen atoms in total. The van der Waals surface area contributed by atoms with E-state index in [1.54, 1.807) is 0 Å². The molecule has 2 amide bonds. The number of carbonyl (C=O) groups is 4. The van der Waals surface area contributed by atoms with Crippen LogP contribution in [0.25, 0.3) is 0 Å². The monoisotopic (exact) mass is 342 g/mol. The Bertz CT molecular complexity index is 408. The van der Waals surface area contributed by atoms with Gasteiger partial charge in [0.05, 0.1) is 0 Å². The summed E-state index contributed by atoms with van der Waals surface area (Å²) < 4.78 is 9.30. The number of hydrogen-bond acceptors (Lipinski definition) is 6. The molecule has 0 rings (SSSR count). The Kier molecular flexibility index (Phi) is 12.8. The van der Waals surface area contributed by atoms with Gasteiger partial charge in [0.25, 0.3) is 11.8 Å². The minimum absolute atomic E-state index is 0.406. The number of unbranched alkanes of at least 4 members (excludes halogenated alkanes) is 2. The molecule has 8 heteroatoms. The number of nitrogens with one attached hydrogen (secondary N) is 2. The molecule has 0 saturated carbocycles. The van der Waals surface area contributed by atoms with E-state index in [1.165, 1.54) is 0 Å². The second-order valence-corrected chi connectivity index (χ2v) is 4.96. The fourth-order valence-electron chi connectivity index (χ4n) is 1.42. The van der Waals surface area contributed by atoms with Gasteiger partial charge in [0.2, 0.25) is 0 Å². The van der Waals surface area contributed by atoms with Crippen LogP contribution >= 0.6 is 0 Å². The van der Waals surface area contributed by atoms with E-state index in [0.717, 1.165) is 37.8 Å². The van der Waals surface area contributed by atoms with Crippen molar-refractivity contribution in [3.05, 3.63) is 12.2 Å². The fraction of sp³-hybridized carbons (Fsp3) is 0.625. The van der Waals surface area contributed by atoms with Crippen LogP contribution in [0.5, 0.6) is 0 Å². The van der Waals surface area contributed by atoms with Gasteiger partial charge in [-0.15, -0.1) is 0 Å². The summed E-state index contributed by atoms with van der Waals surface area (Å²) in [6.45, 7) is 4.20. The first-order valence-corrected chi connectivity index (χ1v) is 8.04. The number of ether oxygens (including phenoxy) is 2. The smallest absolute Gasteiger partial charge is 0.331 e. The number of hydrogen-bond donors (Lipinski definition) is 2. The second-order valence-electron chi connectivity index (χ2n) is 4.96. The molecular weight excluding hydrogens is 316 g/mol. The van der Waals surface area contributed by atoms with E-state index < -0.39 is 37.0 Å². The molecule has 0 aromatic rings. The van der Waals surface area contributed by atoms with Crippen LogP contribution in [0.4, 0.5) is 0 Å². The normalized spacial score (nSPS) is 10.2. The quantitative estimate of drug-likeness (QED) is 0.303. The van der Waals surface area contributed by atoms with Gasteiger partial charge in [-0.05, 0) is 12.8 Å². The summed E-state index contributed by atoms with van der Waals surface area (Å²) in [6.07, 6.45) is 5.27. The first-order chi connectivity index (χ1) is 11.5. The Hall–Kier alpha value is -2.38. The maximum Gasteiger partial charge on any atom is 0.331 e. The van der Waals surface area contributed by atoms with Crippen molar-refractivity contribution < 1.29 is 28.7 Å². The molecule has 0 bridgehead atoms. The molecule has 0 aliphatic heterocycles. The summed E-state index contributed by atoms with van der Waals surface area (Å²) in [6, 6.07) is 0. The maximum atomic E-state index is 11.3. The van der Waals surface area contributed by atoms with E-state index in [-0.39, 0.29) is 0 Å². The summed E-state index contributed by atoms with van der Waals surface area (Å²) in [7, 11) is 0. The average Bonchev–Trinajstić information content (AvgIpc) is 2.56. The van der Waals surface area contributed by atoms with Gasteiger partial charge in [-0.3, -0.25) is 9.59 Å². The molecule has 0 saturated heterocycles. The number of amides is 2. The van der Waals surface area contributed by atoms with E-state index in [4.69, 9.17) is 0 Å². The van der Waals surface area contributed by atoms with Crippen LogP contribution in [-0.4, -0.2) is 50.1 Å². The molecule has 0 unspecified atom stereocenters. The second kappa shape index (κ2) is 14.2. The molecule has 0 atom stereocenters. The topological polar surface area (TPSA) is 111 Å². The molecule has 0 heterocycles. The van der Waals surface area contributed by atoms with Gasteiger partial charge in [0.1, 0.15) is 0 Å². The number of esters is 2. The van der Waals surface area contributed by atoms with Crippen LogP contribution in [0.15, 0.2) is 12.2 Å². The van der Waals surface area contributed by atoms with Crippen molar-refractivity contribution >= 4 is 23.8 Å². The lowest BCUT2D eigenvalue weighted by molar-refractivity contribution is -0.145. The molecule has 0 aromatic carbocycles. The van der Waals surface area contributed by atoms with Gasteiger partial charge in [-0.1, -0.05) is 26.7 Å². The molecular formula is C16H26N2O6. The Morgan fingerprint density at radius 1 is 0.750 bits per heavy atom. The number of rotatable bonds is 12. The largest absolute Gasteiger partial charge is 0.452 e. The van der Waals surface area contributed by atoms with E-state index in [1.807, 2.05) is 13.8 Å². The van der Waals surface area contributed by atoms with Gasteiger partial charge in [-0.2, -0.15) is 0 Å². The zero-order valence-electron chi connectivity index (χ0n) is 14.3. The minimum atomic E-state index is -0.843. The third kappa shape index (κ3) is 13.3. The van der Waals surface area contributed by atoms with E-state index in [0.29, 0.717) is 13.1 Å². The lowest BCUT2D eigenvalue weighted by Gasteiger charge is -2.04. The molecule has 0 radical (unpaired) electrons. The molecule has 136 valence electrons. The van der Waals surface area contributed by atoms with Crippen LogP contribution in [0.2, 0.25) is 0 Å². The molecule has 2 N–H and O–H groups in total. The molecule has 0 aliphatic carbocycles. The zero-order valence-corrected chi connectivity index (χ0v) is 14.3. The van der Waals surface area contributed by atoms with Gasteiger partial charge in [-0.25, -0.2) is 9.59 Å². The Labute approximate surface area is 141 Å². The SMILES string of the molecule is CCCCNC(=O)COC(=O)/C=C/C(=O)OCC(=O)NCCCC. The van der Waals surface area contributed by atoms with Crippen LogP contribution < -0.4 is 10.6 Å². The average molecular weight is 342 g/mol. The lowest BCUT2D eigenvalue weighted by atomic mass is 10.3. The van der Waals surface area contributed by atoms with Crippen molar-refractivity contribution in [2.75, 3.05) is 26.3 Å². The zero-order chi connectivity index (χ0) is 18.2. The van der Waals surface area contributed by atoms with Crippen molar-refractivity contribution in [3.63, 3.8) is 0 Å². The van der Waals surface area contributed by atoms with Crippen molar-refractivity contribution in [2.24, 2.45) is 0 Å². The third-order valence-corrected chi connectivity index (χ3v) is 2.75. The molecule has 0 aromatic heterocycles. The van der Waals surface area contributed by atoms with Crippen molar-refractivity contribution in [2.45, 2.75) is 39.5 Å². The van der Waals surface area contributed by atoms with Crippen molar-refractivity contribution in [3.8, 4) is 0 Å². The Balaban J connectivity index is 3.86. The molecule has 24 heavy (non-hydrogen) atoms. The van der Waals surface area contributed by atoms with Crippen LogP contribution in [0, 0.1) is 0 Å².